The second kappa shape index (κ2) is 10.4. The zero-order valence-corrected chi connectivity index (χ0v) is 24.4. The third-order valence-electron chi connectivity index (χ3n) is 8.91. The SMILES string of the molecule is CN(Cc1ccccc1)C(=O)c1ccc(-c2csc(NC(=O)C3(C)CC4c5ccccc5C3c3ccccc34)n2)cc1. The van der Waals surface area contributed by atoms with E-state index in [2.05, 4.69) is 60.8 Å². The molecule has 0 radical (unpaired) electrons. The molecule has 3 aliphatic rings. The van der Waals surface area contributed by atoms with Gasteiger partial charge in [0.25, 0.3) is 5.91 Å². The molecule has 0 saturated heterocycles. The number of thiazole rings is 1. The number of benzene rings is 4. The maximum Gasteiger partial charge on any atom is 0.253 e. The lowest BCUT2D eigenvalue weighted by Gasteiger charge is -2.50. The Morgan fingerprint density at radius 3 is 2.10 bits per heavy atom. The molecule has 1 N–H and O–H groups in total. The summed E-state index contributed by atoms with van der Waals surface area (Å²) in [5, 5.41) is 5.70. The van der Waals surface area contributed by atoms with Gasteiger partial charge in [-0.1, -0.05) is 91.0 Å². The summed E-state index contributed by atoms with van der Waals surface area (Å²) in [7, 11) is 1.81. The number of aromatic nitrogens is 1. The molecule has 1 aromatic heterocycles. The molecule has 0 spiro atoms. The molecule has 42 heavy (non-hydrogen) atoms. The van der Waals surface area contributed by atoms with E-state index in [9.17, 15) is 9.59 Å². The topological polar surface area (TPSA) is 62.3 Å². The quantitative estimate of drug-likeness (QED) is 0.228. The lowest BCUT2D eigenvalue weighted by Crippen LogP contribution is -2.47. The molecule has 5 aromatic rings. The highest BCUT2D eigenvalue weighted by atomic mass is 32.1. The van der Waals surface area contributed by atoms with Gasteiger partial charge in [-0.2, -0.15) is 0 Å². The van der Waals surface area contributed by atoms with E-state index in [-0.39, 0.29) is 23.7 Å². The lowest BCUT2D eigenvalue weighted by atomic mass is 9.52. The van der Waals surface area contributed by atoms with E-state index in [4.69, 9.17) is 4.98 Å². The van der Waals surface area contributed by atoms with E-state index in [0.717, 1.165) is 23.2 Å². The monoisotopic (exact) mass is 569 g/mol. The van der Waals surface area contributed by atoms with E-state index in [1.165, 1.54) is 33.6 Å². The summed E-state index contributed by atoms with van der Waals surface area (Å²) in [4.78, 5) is 33.4. The van der Waals surface area contributed by atoms with Crippen molar-refractivity contribution < 1.29 is 9.59 Å². The van der Waals surface area contributed by atoms with E-state index < -0.39 is 5.41 Å². The average Bonchev–Trinajstić information content (AvgIpc) is 3.50. The molecule has 0 aliphatic heterocycles. The highest BCUT2D eigenvalue weighted by Gasteiger charge is 2.54. The molecular formula is C36H31N3O2S. The van der Waals surface area contributed by atoms with Crippen LogP contribution in [0.3, 0.4) is 0 Å². The fourth-order valence-corrected chi connectivity index (χ4v) is 7.54. The van der Waals surface area contributed by atoms with Gasteiger partial charge >= 0.3 is 0 Å². The van der Waals surface area contributed by atoms with Gasteiger partial charge in [0.2, 0.25) is 5.91 Å². The molecule has 4 aromatic carbocycles. The van der Waals surface area contributed by atoms with Crippen LogP contribution in [0.15, 0.2) is 109 Å². The summed E-state index contributed by atoms with van der Waals surface area (Å²) >= 11 is 1.43. The molecule has 1 atom stereocenters. The standard InChI is InChI=1S/C36H31N3O2S/c1-36(20-30-26-12-6-8-14-28(26)32(36)29-15-9-7-13-27(29)30)34(41)38-35-37-31(22-42-35)24-16-18-25(19-17-24)33(40)39(2)21-23-10-4-3-5-11-23/h3-19,22,30,32H,20-21H2,1-2H3,(H,37,38,41). The summed E-state index contributed by atoms with van der Waals surface area (Å²) in [6, 6.07) is 34.6. The van der Waals surface area contributed by atoms with Gasteiger partial charge in [-0.3, -0.25) is 9.59 Å². The Kier molecular flexibility index (Phi) is 6.51. The Bertz CT molecular complexity index is 1750. The van der Waals surface area contributed by atoms with Crippen LogP contribution in [0.4, 0.5) is 5.13 Å². The van der Waals surface area contributed by atoms with E-state index in [1.807, 2.05) is 67.0 Å². The molecule has 208 valence electrons. The van der Waals surface area contributed by atoms with Crippen LogP contribution in [0.5, 0.6) is 0 Å². The van der Waals surface area contributed by atoms with Crippen LogP contribution in [0.25, 0.3) is 11.3 Å². The third-order valence-corrected chi connectivity index (χ3v) is 9.67. The Labute approximate surface area is 249 Å². The van der Waals surface area contributed by atoms with Crippen molar-refractivity contribution in [3.05, 3.63) is 142 Å². The van der Waals surface area contributed by atoms with Crippen LogP contribution >= 0.6 is 11.3 Å². The Balaban J connectivity index is 1.08. The first kappa shape index (κ1) is 26.4. The summed E-state index contributed by atoms with van der Waals surface area (Å²) < 4.78 is 0. The minimum Gasteiger partial charge on any atom is -0.337 e. The highest BCUT2D eigenvalue weighted by molar-refractivity contribution is 7.14. The molecule has 2 bridgehead atoms. The first-order chi connectivity index (χ1) is 20.4. The molecular weight excluding hydrogens is 538 g/mol. The van der Waals surface area contributed by atoms with Gasteiger partial charge in [0.15, 0.2) is 5.13 Å². The van der Waals surface area contributed by atoms with Crippen LogP contribution in [0.2, 0.25) is 0 Å². The zero-order valence-electron chi connectivity index (χ0n) is 23.6. The summed E-state index contributed by atoms with van der Waals surface area (Å²) in [6.07, 6.45) is 0.768. The number of rotatable bonds is 6. The van der Waals surface area contributed by atoms with Crippen molar-refractivity contribution in [2.24, 2.45) is 5.41 Å². The summed E-state index contributed by atoms with van der Waals surface area (Å²) in [5.74, 6) is 0.178. The van der Waals surface area contributed by atoms with Crippen LogP contribution in [-0.2, 0) is 11.3 Å². The predicted octanol–water partition coefficient (Wildman–Crippen LogP) is 7.71. The number of carbonyl (C=O) groups excluding carboxylic acids is 2. The lowest BCUT2D eigenvalue weighted by molar-refractivity contribution is -0.126. The molecule has 0 fully saturated rings. The Morgan fingerprint density at radius 1 is 0.857 bits per heavy atom. The van der Waals surface area contributed by atoms with Gasteiger partial charge in [0.1, 0.15) is 0 Å². The maximum atomic E-state index is 14.0. The van der Waals surface area contributed by atoms with E-state index in [1.54, 1.807) is 4.90 Å². The number of nitrogens with one attached hydrogen (secondary N) is 1. The molecule has 8 rings (SSSR count). The van der Waals surface area contributed by atoms with Crippen molar-refractivity contribution in [3.63, 3.8) is 0 Å². The van der Waals surface area contributed by atoms with E-state index >= 15 is 0 Å². The van der Waals surface area contributed by atoms with Crippen molar-refractivity contribution in [2.75, 3.05) is 12.4 Å². The maximum absolute atomic E-state index is 14.0. The molecule has 6 heteroatoms. The van der Waals surface area contributed by atoms with Crippen molar-refractivity contribution >= 4 is 28.3 Å². The fraction of sp³-hybridized carbons (Fsp3) is 0.194. The van der Waals surface area contributed by atoms with Crippen molar-refractivity contribution in [2.45, 2.75) is 31.7 Å². The molecule has 1 heterocycles. The Morgan fingerprint density at radius 2 is 1.45 bits per heavy atom. The van der Waals surface area contributed by atoms with Crippen LogP contribution in [0, 0.1) is 5.41 Å². The normalized spacial score (nSPS) is 20.0. The second-order valence-electron chi connectivity index (χ2n) is 11.6. The fourth-order valence-electron chi connectivity index (χ4n) is 6.83. The zero-order chi connectivity index (χ0) is 28.8. The number of amides is 2. The number of carbonyl (C=O) groups is 2. The van der Waals surface area contributed by atoms with Crippen molar-refractivity contribution in [1.82, 2.24) is 9.88 Å². The molecule has 1 unspecified atom stereocenters. The predicted molar refractivity (Wildman–Crippen MR) is 168 cm³/mol. The molecule has 0 saturated carbocycles. The van der Waals surface area contributed by atoms with Crippen molar-refractivity contribution in [1.29, 1.82) is 0 Å². The molecule has 5 nitrogen and oxygen atoms in total. The number of fused-ring (bicyclic) bond motifs is 1. The second-order valence-corrected chi connectivity index (χ2v) is 12.4. The third kappa shape index (κ3) is 4.43. The number of nitrogens with zero attached hydrogens (tertiary/aromatic N) is 2. The Hall–Kier alpha value is -4.55. The average molecular weight is 570 g/mol. The van der Waals surface area contributed by atoms with Gasteiger partial charge in [-0.05, 0) is 53.3 Å². The summed E-state index contributed by atoms with van der Waals surface area (Å²) in [5.41, 5.74) is 8.01. The van der Waals surface area contributed by atoms with Crippen molar-refractivity contribution in [3.8, 4) is 11.3 Å². The first-order valence-electron chi connectivity index (χ1n) is 14.3. The van der Waals surface area contributed by atoms with Crippen LogP contribution in [0.1, 0.15) is 63.4 Å². The van der Waals surface area contributed by atoms with Gasteiger partial charge in [0, 0.05) is 41.9 Å². The van der Waals surface area contributed by atoms with E-state index in [0.29, 0.717) is 17.2 Å². The van der Waals surface area contributed by atoms with Gasteiger partial charge in [-0.15, -0.1) is 11.3 Å². The van der Waals surface area contributed by atoms with Crippen LogP contribution < -0.4 is 5.32 Å². The van der Waals surface area contributed by atoms with Gasteiger partial charge in [-0.25, -0.2) is 4.98 Å². The van der Waals surface area contributed by atoms with Gasteiger partial charge < -0.3 is 10.2 Å². The van der Waals surface area contributed by atoms with Gasteiger partial charge in [0.05, 0.1) is 11.1 Å². The minimum absolute atomic E-state index is 0.000522. The summed E-state index contributed by atoms with van der Waals surface area (Å²) in [6.45, 7) is 2.65. The van der Waals surface area contributed by atoms with Crippen LogP contribution in [-0.4, -0.2) is 28.7 Å². The minimum atomic E-state index is -0.590. The first-order valence-corrected chi connectivity index (χ1v) is 15.1. The number of hydrogen-bond donors (Lipinski definition) is 1. The highest BCUT2D eigenvalue weighted by Crippen LogP contribution is 2.61. The number of hydrogen-bond acceptors (Lipinski definition) is 4. The molecule has 3 aliphatic carbocycles. The largest absolute Gasteiger partial charge is 0.337 e. The number of anilines is 1. The smallest absolute Gasteiger partial charge is 0.253 e. The molecule has 2 amide bonds.